The highest BCUT2D eigenvalue weighted by molar-refractivity contribution is 5.65. The lowest BCUT2D eigenvalue weighted by Gasteiger charge is -2.23. The highest BCUT2D eigenvalue weighted by atomic mass is 16.7. The Hall–Kier alpha value is -0.730. The van der Waals surface area contributed by atoms with Crippen molar-refractivity contribution >= 4 is 5.97 Å². The lowest BCUT2D eigenvalue weighted by molar-refractivity contribution is -0.167. The second kappa shape index (κ2) is 6.27. The van der Waals surface area contributed by atoms with Crippen molar-refractivity contribution in [3.63, 3.8) is 0 Å². The Balaban J connectivity index is 2.60. The van der Waals surface area contributed by atoms with E-state index >= 15 is 0 Å². The smallest absolute Gasteiger partial charge is 0.302 e. The molecule has 7 heteroatoms. The molecule has 0 aromatic heterocycles. The first-order valence-corrected chi connectivity index (χ1v) is 5.21. The maximum Gasteiger partial charge on any atom is 0.302 e. The van der Waals surface area contributed by atoms with Crippen molar-refractivity contribution in [2.45, 2.75) is 37.6 Å². The zero-order valence-corrected chi connectivity index (χ0v) is 10.0. The van der Waals surface area contributed by atoms with E-state index in [1.165, 1.54) is 21.1 Å². The van der Waals surface area contributed by atoms with Crippen LogP contribution in [-0.4, -0.2) is 67.7 Å². The Bertz CT molecular complexity index is 257. The molecule has 1 rings (SSSR count). The highest BCUT2D eigenvalue weighted by Crippen LogP contribution is 2.25. The van der Waals surface area contributed by atoms with E-state index in [2.05, 4.69) is 0 Å². The molecule has 0 unspecified atom stereocenters. The van der Waals surface area contributed by atoms with E-state index < -0.39 is 36.7 Å². The van der Waals surface area contributed by atoms with Gasteiger partial charge in [0.1, 0.15) is 31.0 Å². The SMILES string of the molecule is CO[C@@H]1[C@@H](O)[C@H]([C@@H](COC(C)=O)OC)O[C@@H]1O. The fraction of sp³-hybridized carbons (Fsp3) is 0.900. The average Bonchev–Trinajstić information content (AvgIpc) is 2.55. The first-order chi connectivity index (χ1) is 8.01. The van der Waals surface area contributed by atoms with Crippen molar-refractivity contribution in [2.24, 2.45) is 0 Å². The molecule has 7 nitrogen and oxygen atoms in total. The highest BCUT2D eigenvalue weighted by Gasteiger charge is 2.47. The predicted octanol–water partition coefficient (Wildman–Crippen LogP) is -1.34. The lowest BCUT2D eigenvalue weighted by Crippen LogP contribution is -2.42. The summed E-state index contributed by atoms with van der Waals surface area (Å²) in [4.78, 5) is 10.7. The molecule has 1 heterocycles. The number of hydrogen-bond acceptors (Lipinski definition) is 7. The number of carbonyl (C=O) groups excluding carboxylic acids is 1. The summed E-state index contributed by atoms with van der Waals surface area (Å²) in [6.45, 7) is 1.21. The minimum Gasteiger partial charge on any atom is -0.463 e. The third-order valence-electron chi connectivity index (χ3n) is 2.64. The third-order valence-corrected chi connectivity index (χ3v) is 2.64. The summed E-state index contributed by atoms with van der Waals surface area (Å²) in [5, 5.41) is 19.3. The number of rotatable bonds is 5. The summed E-state index contributed by atoms with van der Waals surface area (Å²) in [5.74, 6) is -0.455. The van der Waals surface area contributed by atoms with Crippen LogP contribution in [0.5, 0.6) is 0 Å². The molecule has 5 atom stereocenters. The minimum absolute atomic E-state index is 0.0588. The first-order valence-electron chi connectivity index (χ1n) is 5.21. The molecule has 0 aliphatic carbocycles. The molecule has 1 aliphatic heterocycles. The van der Waals surface area contributed by atoms with Crippen LogP contribution in [0.1, 0.15) is 6.92 Å². The quantitative estimate of drug-likeness (QED) is 0.583. The van der Waals surface area contributed by atoms with Crippen LogP contribution in [0.4, 0.5) is 0 Å². The van der Waals surface area contributed by atoms with Crippen LogP contribution >= 0.6 is 0 Å². The molecular formula is C10H18O7. The molecule has 2 N–H and O–H groups in total. The first kappa shape index (κ1) is 14.3. The van der Waals surface area contributed by atoms with E-state index in [1.54, 1.807) is 0 Å². The summed E-state index contributed by atoms with van der Waals surface area (Å²) >= 11 is 0. The van der Waals surface area contributed by atoms with Crippen LogP contribution < -0.4 is 0 Å². The predicted molar refractivity (Wildman–Crippen MR) is 55.1 cm³/mol. The normalized spacial score (nSPS) is 34.6. The Kier molecular flexibility index (Phi) is 5.29. The summed E-state index contributed by atoms with van der Waals surface area (Å²) in [6, 6.07) is 0. The maximum absolute atomic E-state index is 10.7. The fourth-order valence-electron chi connectivity index (χ4n) is 1.73. The topological polar surface area (TPSA) is 94.5 Å². The largest absolute Gasteiger partial charge is 0.463 e. The molecule has 0 saturated carbocycles. The van der Waals surface area contributed by atoms with Crippen LogP contribution in [0.3, 0.4) is 0 Å². The molecule has 0 radical (unpaired) electrons. The Morgan fingerprint density at radius 2 is 2.06 bits per heavy atom. The molecular weight excluding hydrogens is 232 g/mol. The van der Waals surface area contributed by atoms with Crippen molar-refractivity contribution < 1.29 is 34.0 Å². The molecule has 100 valence electrons. The van der Waals surface area contributed by atoms with Crippen LogP contribution in [0.15, 0.2) is 0 Å². The van der Waals surface area contributed by atoms with Gasteiger partial charge in [-0.3, -0.25) is 4.79 Å². The van der Waals surface area contributed by atoms with Crippen molar-refractivity contribution in [3.8, 4) is 0 Å². The van der Waals surface area contributed by atoms with Gasteiger partial charge in [-0.05, 0) is 0 Å². The number of esters is 1. The van der Waals surface area contributed by atoms with Gasteiger partial charge in [0.15, 0.2) is 6.29 Å². The second-order valence-corrected chi connectivity index (χ2v) is 3.76. The fourth-order valence-corrected chi connectivity index (χ4v) is 1.73. The van der Waals surface area contributed by atoms with Crippen molar-refractivity contribution in [2.75, 3.05) is 20.8 Å². The molecule has 0 spiro atoms. The summed E-state index contributed by atoms with van der Waals surface area (Å²) < 4.78 is 19.9. The average molecular weight is 250 g/mol. The molecule has 1 saturated heterocycles. The van der Waals surface area contributed by atoms with E-state index in [0.29, 0.717) is 0 Å². The Morgan fingerprint density at radius 3 is 2.47 bits per heavy atom. The van der Waals surface area contributed by atoms with E-state index in [9.17, 15) is 15.0 Å². The van der Waals surface area contributed by atoms with Gasteiger partial charge in [0.2, 0.25) is 0 Å². The maximum atomic E-state index is 10.7. The third kappa shape index (κ3) is 3.36. The molecule has 0 amide bonds. The second-order valence-electron chi connectivity index (χ2n) is 3.76. The number of ether oxygens (including phenoxy) is 4. The van der Waals surface area contributed by atoms with Gasteiger partial charge in [-0.1, -0.05) is 0 Å². The molecule has 0 aromatic rings. The van der Waals surface area contributed by atoms with Crippen molar-refractivity contribution in [1.29, 1.82) is 0 Å². The summed E-state index contributed by atoms with van der Waals surface area (Å²) in [5.41, 5.74) is 0. The zero-order chi connectivity index (χ0) is 13.0. The van der Waals surface area contributed by atoms with E-state index in [-0.39, 0.29) is 6.61 Å². The van der Waals surface area contributed by atoms with Crippen LogP contribution in [-0.2, 0) is 23.7 Å². The van der Waals surface area contributed by atoms with Gasteiger partial charge in [-0.25, -0.2) is 0 Å². The Labute approximate surface area is 99.2 Å². The molecule has 0 bridgehead atoms. The molecule has 0 aromatic carbocycles. The number of carbonyl (C=O) groups is 1. The number of methoxy groups -OCH3 is 2. The Morgan fingerprint density at radius 1 is 1.41 bits per heavy atom. The standard InChI is InChI=1S/C10H18O7/c1-5(11)16-4-6(14-2)8-7(12)9(15-3)10(13)17-8/h6-10,12-13H,4H2,1-3H3/t6-,7+,8+,9-,10+/m1/s1. The van der Waals surface area contributed by atoms with Gasteiger partial charge in [0, 0.05) is 21.1 Å². The van der Waals surface area contributed by atoms with Gasteiger partial charge in [-0.2, -0.15) is 0 Å². The monoisotopic (exact) mass is 250 g/mol. The van der Waals surface area contributed by atoms with Crippen molar-refractivity contribution in [1.82, 2.24) is 0 Å². The van der Waals surface area contributed by atoms with Crippen LogP contribution in [0.2, 0.25) is 0 Å². The summed E-state index contributed by atoms with van der Waals surface area (Å²) in [7, 11) is 2.76. The van der Waals surface area contributed by atoms with Gasteiger partial charge in [0.25, 0.3) is 0 Å². The summed E-state index contributed by atoms with van der Waals surface area (Å²) in [6.07, 6.45) is -4.58. The van der Waals surface area contributed by atoms with Gasteiger partial charge in [-0.15, -0.1) is 0 Å². The van der Waals surface area contributed by atoms with E-state index in [0.717, 1.165) is 0 Å². The van der Waals surface area contributed by atoms with Gasteiger partial charge >= 0.3 is 5.97 Å². The van der Waals surface area contributed by atoms with Gasteiger partial charge in [0.05, 0.1) is 0 Å². The molecule has 1 fully saturated rings. The van der Waals surface area contributed by atoms with Crippen LogP contribution in [0.25, 0.3) is 0 Å². The number of aliphatic hydroxyl groups excluding tert-OH is 2. The van der Waals surface area contributed by atoms with Gasteiger partial charge < -0.3 is 29.2 Å². The minimum atomic E-state index is -1.23. The van der Waals surface area contributed by atoms with E-state index in [1.807, 2.05) is 0 Å². The van der Waals surface area contributed by atoms with Crippen molar-refractivity contribution in [3.05, 3.63) is 0 Å². The van der Waals surface area contributed by atoms with E-state index in [4.69, 9.17) is 18.9 Å². The zero-order valence-electron chi connectivity index (χ0n) is 10.0. The lowest BCUT2D eigenvalue weighted by atomic mass is 10.1. The molecule has 1 aliphatic rings. The number of aliphatic hydroxyl groups is 2. The molecule has 17 heavy (non-hydrogen) atoms. The number of hydrogen-bond donors (Lipinski definition) is 2. The van der Waals surface area contributed by atoms with Crippen LogP contribution in [0, 0.1) is 0 Å².